The van der Waals surface area contributed by atoms with Gasteiger partial charge in [0, 0.05) is 45.8 Å². The van der Waals surface area contributed by atoms with E-state index in [0.29, 0.717) is 0 Å². The molecule has 1 aliphatic heterocycles. The molecule has 6 nitrogen and oxygen atoms in total. The van der Waals surface area contributed by atoms with E-state index < -0.39 is 0 Å². The Kier molecular flexibility index (Phi) is 15.6. The maximum absolute atomic E-state index is 5.18. The van der Waals surface area contributed by atoms with Gasteiger partial charge in [-0.3, -0.25) is 9.80 Å². The topological polar surface area (TPSA) is 31.4 Å². The fourth-order valence-electron chi connectivity index (χ4n) is 3.45. The first kappa shape index (κ1) is 28.2. The molecule has 0 aliphatic carbocycles. The zero-order valence-electron chi connectivity index (χ0n) is 21.0. The molecule has 0 saturated carbocycles. The summed E-state index contributed by atoms with van der Waals surface area (Å²) in [4.78, 5) is 9.45. The molecule has 0 radical (unpaired) electrons. The second kappa shape index (κ2) is 17.7. The lowest BCUT2D eigenvalue weighted by Gasteiger charge is -2.34. The molecule has 1 heterocycles. The first-order valence-corrected chi connectivity index (χ1v) is 11.7. The van der Waals surface area contributed by atoms with Gasteiger partial charge in [-0.1, -0.05) is 43.0 Å². The van der Waals surface area contributed by atoms with E-state index in [1.807, 2.05) is 0 Å². The van der Waals surface area contributed by atoms with Crippen LogP contribution >= 0.6 is 0 Å². The third-order valence-electron chi connectivity index (χ3n) is 5.49. The lowest BCUT2D eigenvalue weighted by molar-refractivity contribution is 0.104. The largest absolute Gasteiger partial charge is 0.500 e. The second-order valence-electron chi connectivity index (χ2n) is 8.64. The van der Waals surface area contributed by atoms with E-state index in [9.17, 15) is 0 Å². The summed E-state index contributed by atoms with van der Waals surface area (Å²) in [5.41, 5.74) is 2.74. The molecule has 0 unspecified atom stereocenters. The van der Waals surface area contributed by atoms with Gasteiger partial charge in [0.1, 0.15) is 0 Å². The Morgan fingerprint density at radius 2 is 1.44 bits per heavy atom. The van der Waals surface area contributed by atoms with Gasteiger partial charge in [0.05, 0.1) is 25.7 Å². The smallest absolute Gasteiger partial charge is 0.0999 e. The van der Waals surface area contributed by atoms with Crippen molar-refractivity contribution in [3.8, 4) is 0 Å². The number of piperazine rings is 1. The standard InChI is InChI=1S/C16H24N2O.C10H22N2O/c1-3-19-13-12-17-8-10-18(11-9-17)14-16-6-4-15(2)5-7-16;1-5-13-10-9-12(4)8-6-7-11(2)3/h3-7H,1,8-14H2,2H3;5H,1,6-10H2,2-4H3. The van der Waals surface area contributed by atoms with Crippen molar-refractivity contribution in [2.75, 3.05) is 86.7 Å². The summed E-state index contributed by atoms with van der Waals surface area (Å²) in [7, 11) is 6.31. The minimum absolute atomic E-state index is 0.738. The minimum Gasteiger partial charge on any atom is -0.500 e. The Labute approximate surface area is 197 Å². The number of ether oxygens (including phenoxy) is 2. The Morgan fingerprint density at radius 3 is 2.03 bits per heavy atom. The molecular weight excluding hydrogens is 400 g/mol. The number of nitrogens with zero attached hydrogens (tertiary/aromatic N) is 4. The third kappa shape index (κ3) is 14.2. The van der Waals surface area contributed by atoms with Gasteiger partial charge in [-0.05, 0) is 53.1 Å². The van der Waals surface area contributed by atoms with E-state index in [-0.39, 0.29) is 0 Å². The van der Waals surface area contributed by atoms with Crippen LogP contribution in [0.1, 0.15) is 17.5 Å². The van der Waals surface area contributed by atoms with Gasteiger partial charge in [-0.15, -0.1) is 0 Å². The minimum atomic E-state index is 0.738. The highest BCUT2D eigenvalue weighted by Gasteiger charge is 2.16. The van der Waals surface area contributed by atoms with Crippen LogP contribution in [0.2, 0.25) is 0 Å². The predicted octanol–water partition coefficient (Wildman–Crippen LogP) is 3.30. The van der Waals surface area contributed by atoms with Crippen molar-refractivity contribution in [3.63, 3.8) is 0 Å². The monoisotopic (exact) mass is 446 g/mol. The first-order valence-electron chi connectivity index (χ1n) is 11.7. The lowest BCUT2D eigenvalue weighted by atomic mass is 10.1. The summed E-state index contributed by atoms with van der Waals surface area (Å²) in [5.74, 6) is 0. The van der Waals surface area contributed by atoms with Gasteiger partial charge in [0.25, 0.3) is 0 Å². The summed E-state index contributed by atoms with van der Waals surface area (Å²) < 4.78 is 10.2. The van der Waals surface area contributed by atoms with Crippen molar-refractivity contribution in [3.05, 3.63) is 61.1 Å². The van der Waals surface area contributed by atoms with E-state index in [4.69, 9.17) is 9.47 Å². The Morgan fingerprint density at radius 1 is 0.844 bits per heavy atom. The maximum atomic E-state index is 5.18. The number of hydrogen-bond acceptors (Lipinski definition) is 6. The Hall–Kier alpha value is -1.86. The van der Waals surface area contributed by atoms with Crippen molar-refractivity contribution in [2.24, 2.45) is 0 Å². The Balaban J connectivity index is 0.000000347. The summed E-state index contributed by atoms with van der Waals surface area (Å²) in [5, 5.41) is 0. The Bertz CT molecular complexity index is 598. The normalized spacial score (nSPS) is 14.7. The molecule has 0 atom stereocenters. The molecule has 0 aromatic heterocycles. The van der Waals surface area contributed by atoms with Gasteiger partial charge in [0.15, 0.2) is 0 Å². The summed E-state index contributed by atoms with van der Waals surface area (Å²) >= 11 is 0. The molecule has 1 saturated heterocycles. The molecule has 6 heteroatoms. The van der Waals surface area contributed by atoms with Crippen molar-refractivity contribution < 1.29 is 9.47 Å². The zero-order valence-corrected chi connectivity index (χ0v) is 21.0. The fourth-order valence-corrected chi connectivity index (χ4v) is 3.45. The van der Waals surface area contributed by atoms with Crippen molar-refractivity contribution in [2.45, 2.75) is 19.9 Å². The van der Waals surface area contributed by atoms with E-state index >= 15 is 0 Å². The summed E-state index contributed by atoms with van der Waals surface area (Å²) in [6.07, 6.45) is 4.22. The summed E-state index contributed by atoms with van der Waals surface area (Å²) in [6.45, 7) is 20.5. The number of benzene rings is 1. The molecule has 0 amide bonds. The first-order chi connectivity index (χ1) is 15.4. The van der Waals surface area contributed by atoms with Crippen LogP contribution in [-0.2, 0) is 16.0 Å². The molecule has 1 fully saturated rings. The van der Waals surface area contributed by atoms with Crippen LogP contribution in [-0.4, -0.2) is 106 Å². The van der Waals surface area contributed by atoms with E-state index in [0.717, 1.165) is 72.1 Å². The van der Waals surface area contributed by atoms with E-state index in [2.05, 4.69) is 85.1 Å². The predicted molar refractivity (Wildman–Crippen MR) is 136 cm³/mol. The number of hydrogen-bond donors (Lipinski definition) is 0. The quantitative estimate of drug-likeness (QED) is 0.322. The van der Waals surface area contributed by atoms with Gasteiger partial charge in [0.2, 0.25) is 0 Å². The molecule has 2 rings (SSSR count). The average Bonchev–Trinajstić information content (AvgIpc) is 2.77. The zero-order chi connectivity index (χ0) is 23.6. The van der Waals surface area contributed by atoms with Crippen LogP contribution in [0.25, 0.3) is 0 Å². The molecule has 0 bridgehead atoms. The van der Waals surface area contributed by atoms with Crippen LogP contribution in [0.15, 0.2) is 49.9 Å². The van der Waals surface area contributed by atoms with Crippen LogP contribution in [0.5, 0.6) is 0 Å². The maximum Gasteiger partial charge on any atom is 0.0999 e. The fraction of sp³-hybridized carbons (Fsp3) is 0.615. The van der Waals surface area contributed by atoms with Crippen LogP contribution in [0.3, 0.4) is 0 Å². The van der Waals surface area contributed by atoms with Gasteiger partial charge < -0.3 is 19.3 Å². The highest BCUT2D eigenvalue weighted by atomic mass is 16.5. The van der Waals surface area contributed by atoms with Gasteiger partial charge in [-0.2, -0.15) is 0 Å². The van der Waals surface area contributed by atoms with Crippen LogP contribution in [0, 0.1) is 6.92 Å². The van der Waals surface area contributed by atoms with Crippen molar-refractivity contribution >= 4 is 0 Å². The summed E-state index contributed by atoms with van der Waals surface area (Å²) in [6, 6.07) is 8.86. The van der Waals surface area contributed by atoms with Crippen molar-refractivity contribution in [1.82, 2.24) is 19.6 Å². The molecule has 32 heavy (non-hydrogen) atoms. The van der Waals surface area contributed by atoms with Gasteiger partial charge in [-0.25, -0.2) is 0 Å². The molecule has 182 valence electrons. The number of likely N-dealkylation sites (N-methyl/N-ethyl adjacent to an activating group) is 1. The highest BCUT2D eigenvalue weighted by molar-refractivity contribution is 5.21. The highest BCUT2D eigenvalue weighted by Crippen LogP contribution is 2.09. The SMILES string of the molecule is C=COCCN(C)CCCN(C)C.C=COCCN1CCN(Cc2ccc(C)cc2)CC1. The molecule has 1 aliphatic rings. The van der Waals surface area contributed by atoms with Gasteiger partial charge >= 0.3 is 0 Å². The number of rotatable bonds is 14. The number of aryl methyl sites for hydroxylation is 1. The second-order valence-corrected chi connectivity index (χ2v) is 8.64. The van der Waals surface area contributed by atoms with Crippen molar-refractivity contribution in [1.29, 1.82) is 0 Å². The van der Waals surface area contributed by atoms with E-state index in [1.165, 1.54) is 30.1 Å². The van der Waals surface area contributed by atoms with E-state index in [1.54, 1.807) is 0 Å². The molecular formula is C26H46N4O2. The third-order valence-corrected chi connectivity index (χ3v) is 5.49. The lowest BCUT2D eigenvalue weighted by Crippen LogP contribution is -2.46. The van der Waals surface area contributed by atoms with Crippen LogP contribution in [0.4, 0.5) is 0 Å². The molecule has 0 spiro atoms. The van der Waals surface area contributed by atoms with Crippen LogP contribution < -0.4 is 0 Å². The molecule has 0 N–H and O–H groups in total. The molecule has 1 aromatic rings. The average molecular weight is 447 g/mol. The molecule has 1 aromatic carbocycles.